The van der Waals surface area contributed by atoms with Gasteiger partial charge in [-0.05, 0) is 24.1 Å². The van der Waals surface area contributed by atoms with E-state index in [9.17, 15) is 18.4 Å². The molecule has 2 amide bonds. The summed E-state index contributed by atoms with van der Waals surface area (Å²) in [5.41, 5.74) is 5.85. The second-order valence-corrected chi connectivity index (χ2v) is 6.52. The van der Waals surface area contributed by atoms with Crippen LogP contribution in [0.2, 0.25) is 0 Å². The van der Waals surface area contributed by atoms with Crippen molar-refractivity contribution in [1.82, 2.24) is 4.98 Å². The van der Waals surface area contributed by atoms with Crippen LogP contribution in [0.1, 0.15) is 28.9 Å². The Kier molecular flexibility index (Phi) is 5.55. The molecule has 3 N–H and O–H groups in total. The fraction of sp³-hybridized carbons (Fsp3) is 0.316. The lowest BCUT2D eigenvalue weighted by Gasteiger charge is -2.23. The highest BCUT2D eigenvalue weighted by Gasteiger charge is 2.42. The summed E-state index contributed by atoms with van der Waals surface area (Å²) in [7, 11) is 1.24. The van der Waals surface area contributed by atoms with E-state index >= 15 is 0 Å². The fourth-order valence-corrected chi connectivity index (χ4v) is 3.34. The van der Waals surface area contributed by atoms with Crippen molar-refractivity contribution in [3.8, 4) is 5.75 Å². The van der Waals surface area contributed by atoms with Gasteiger partial charge in [0.15, 0.2) is 11.6 Å². The molecule has 1 saturated heterocycles. The molecular weight excluding hydrogens is 372 g/mol. The van der Waals surface area contributed by atoms with E-state index in [0.29, 0.717) is 11.3 Å². The van der Waals surface area contributed by atoms with E-state index in [1.54, 1.807) is 0 Å². The van der Waals surface area contributed by atoms with Crippen molar-refractivity contribution in [3.63, 3.8) is 0 Å². The third kappa shape index (κ3) is 3.65. The maximum absolute atomic E-state index is 14.1. The number of rotatable bonds is 5. The summed E-state index contributed by atoms with van der Waals surface area (Å²) in [6.07, 6.45) is 0.378. The first-order chi connectivity index (χ1) is 13.3. The van der Waals surface area contributed by atoms with Crippen LogP contribution in [0.4, 0.5) is 14.5 Å². The van der Waals surface area contributed by atoms with Gasteiger partial charge in [0.1, 0.15) is 11.8 Å². The molecule has 0 spiro atoms. The van der Waals surface area contributed by atoms with Gasteiger partial charge in [0.25, 0.3) is 11.8 Å². The van der Waals surface area contributed by atoms with E-state index in [-0.39, 0.29) is 24.0 Å². The summed E-state index contributed by atoms with van der Waals surface area (Å²) in [5.74, 6) is -4.33. The molecule has 1 aliphatic rings. The number of primary amides is 1. The van der Waals surface area contributed by atoms with E-state index in [0.717, 1.165) is 6.07 Å². The Morgan fingerprint density at radius 1 is 1.32 bits per heavy atom. The maximum Gasteiger partial charge on any atom is 0.267 e. The zero-order chi connectivity index (χ0) is 20.4. The molecule has 7 nitrogen and oxygen atoms in total. The van der Waals surface area contributed by atoms with Crippen LogP contribution in [0.3, 0.4) is 0 Å². The van der Waals surface area contributed by atoms with Gasteiger partial charge in [-0.25, -0.2) is 4.39 Å². The van der Waals surface area contributed by atoms with Crippen LogP contribution in [-0.4, -0.2) is 36.6 Å². The van der Waals surface area contributed by atoms with Gasteiger partial charge in [-0.15, -0.1) is 0 Å². The molecule has 2 heterocycles. The Morgan fingerprint density at radius 3 is 2.75 bits per heavy atom. The van der Waals surface area contributed by atoms with Crippen LogP contribution in [0.15, 0.2) is 30.5 Å². The lowest BCUT2D eigenvalue weighted by Crippen LogP contribution is -2.33. The predicted octanol–water partition coefficient (Wildman–Crippen LogP) is 2.22. The minimum absolute atomic E-state index is 0.00247. The second-order valence-electron chi connectivity index (χ2n) is 6.52. The lowest BCUT2D eigenvalue weighted by atomic mass is 9.84. The normalized spacial score (nSPS) is 21.4. The Hall–Kier alpha value is -3.07. The number of methoxy groups -OCH3 is 1. The van der Waals surface area contributed by atoms with E-state index in [4.69, 9.17) is 15.2 Å². The van der Waals surface area contributed by atoms with Gasteiger partial charge < -0.3 is 20.5 Å². The average Bonchev–Trinajstić information content (AvgIpc) is 3.05. The molecule has 2 aromatic rings. The number of nitrogens with one attached hydrogen (secondary N) is 1. The maximum atomic E-state index is 14.1. The molecule has 3 rings (SSSR count). The summed E-state index contributed by atoms with van der Waals surface area (Å²) in [4.78, 5) is 27.9. The topological polar surface area (TPSA) is 104 Å². The minimum atomic E-state index is -1.11. The van der Waals surface area contributed by atoms with Crippen LogP contribution < -0.4 is 15.8 Å². The number of aromatic nitrogens is 1. The Morgan fingerprint density at radius 2 is 2.07 bits per heavy atom. The van der Waals surface area contributed by atoms with Gasteiger partial charge in [0, 0.05) is 23.4 Å². The quantitative estimate of drug-likeness (QED) is 0.814. The number of nitrogens with two attached hydrogens (primary N) is 1. The molecule has 1 aromatic heterocycles. The first-order valence-corrected chi connectivity index (χ1v) is 8.53. The number of anilines is 1. The van der Waals surface area contributed by atoms with Crippen molar-refractivity contribution in [2.24, 2.45) is 11.7 Å². The van der Waals surface area contributed by atoms with Crippen molar-refractivity contribution < 1.29 is 27.8 Å². The molecule has 3 unspecified atom stereocenters. The molecular formula is C19H19F2N3O4. The van der Waals surface area contributed by atoms with Crippen molar-refractivity contribution >= 4 is 17.5 Å². The van der Waals surface area contributed by atoms with Crippen LogP contribution in [0, 0.1) is 17.6 Å². The molecule has 9 heteroatoms. The number of hydrogen-bond donors (Lipinski definition) is 2. The van der Waals surface area contributed by atoms with Crippen LogP contribution in [-0.2, 0) is 9.53 Å². The van der Waals surface area contributed by atoms with E-state index in [1.807, 2.05) is 6.92 Å². The summed E-state index contributed by atoms with van der Waals surface area (Å²) in [6.45, 7) is 2.10. The second kappa shape index (κ2) is 7.89. The standard InChI is InChI=1S/C19H19F2N3O4/c1-9-8-28-17(14(9)11-3-4-12(20)15(21)16(11)27-2)19(26)24-10-5-6-23-13(7-10)18(22)25/h3-7,9,14,17H,8H2,1-2H3,(H2,22,25)(H,23,24,26). The minimum Gasteiger partial charge on any atom is -0.493 e. The number of pyridine rings is 1. The number of amides is 2. The summed E-state index contributed by atoms with van der Waals surface area (Å²) in [5, 5.41) is 2.64. The first kappa shape index (κ1) is 19.7. The molecule has 0 saturated carbocycles. The van der Waals surface area contributed by atoms with Crippen LogP contribution >= 0.6 is 0 Å². The van der Waals surface area contributed by atoms with E-state index < -0.39 is 35.5 Å². The third-order valence-corrected chi connectivity index (χ3v) is 4.66. The number of benzene rings is 1. The Balaban J connectivity index is 1.90. The summed E-state index contributed by atoms with van der Waals surface area (Å²) >= 11 is 0. The highest BCUT2D eigenvalue weighted by atomic mass is 19.2. The number of hydrogen-bond acceptors (Lipinski definition) is 5. The molecule has 0 radical (unpaired) electrons. The van der Waals surface area contributed by atoms with Gasteiger partial charge >= 0.3 is 0 Å². The van der Waals surface area contributed by atoms with E-state index in [2.05, 4.69) is 10.3 Å². The first-order valence-electron chi connectivity index (χ1n) is 8.53. The molecule has 1 aromatic carbocycles. The molecule has 28 heavy (non-hydrogen) atoms. The molecule has 0 aliphatic carbocycles. The van der Waals surface area contributed by atoms with Crippen molar-refractivity contribution in [3.05, 3.63) is 53.4 Å². The summed E-state index contributed by atoms with van der Waals surface area (Å²) in [6, 6.07) is 5.22. The monoisotopic (exact) mass is 391 g/mol. The van der Waals surface area contributed by atoms with Crippen LogP contribution in [0.25, 0.3) is 0 Å². The number of carbonyl (C=O) groups excluding carboxylic acids is 2. The van der Waals surface area contributed by atoms with Gasteiger partial charge in [-0.3, -0.25) is 14.6 Å². The largest absolute Gasteiger partial charge is 0.493 e. The third-order valence-electron chi connectivity index (χ3n) is 4.66. The fourth-order valence-electron chi connectivity index (χ4n) is 3.34. The van der Waals surface area contributed by atoms with Crippen molar-refractivity contribution in [2.75, 3.05) is 19.0 Å². The number of carbonyl (C=O) groups is 2. The van der Waals surface area contributed by atoms with Gasteiger partial charge in [-0.2, -0.15) is 4.39 Å². The summed E-state index contributed by atoms with van der Waals surface area (Å²) < 4.78 is 38.4. The van der Waals surface area contributed by atoms with Crippen LogP contribution in [0.5, 0.6) is 5.75 Å². The SMILES string of the molecule is COc1c(C2C(C)COC2C(=O)Nc2ccnc(C(N)=O)c2)ccc(F)c1F. The average molecular weight is 391 g/mol. The Bertz CT molecular complexity index is 922. The number of ether oxygens (including phenoxy) is 2. The zero-order valence-electron chi connectivity index (χ0n) is 15.2. The highest BCUT2D eigenvalue weighted by Crippen LogP contribution is 2.42. The van der Waals surface area contributed by atoms with Gasteiger partial charge in [0.2, 0.25) is 5.82 Å². The smallest absolute Gasteiger partial charge is 0.267 e. The molecule has 1 fully saturated rings. The highest BCUT2D eigenvalue weighted by molar-refractivity contribution is 5.97. The van der Waals surface area contributed by atoms with E-state index in [1.165, 1.54) is 31.5 Å². The zero-order valence-corrected chi connectivity index (χ0v) is 15.2. The number of nitrogens with zero attached hydrogens (tertiary/aromatic N) is 1. The molecule has 3 atom stereocenters. The molecule has 0 bridgehead atoms. The Labute approximate surface area is 159 Å². The van der Waals surface area contributed by atoms with Crippen molar-refractivity contribution in [1.29, 1.82) is 0 Å². The number of halogens is 2. The van der Waals surface area contributed by atoms with Crippen molar-refractivity contribution in [2.45, 2.75) is 18.9 Å². The van der Waals surface area contributed by atoms with Gasteiger partial charge in [-0.1, -0.05) is 13.0 Å². The predicted molar refractivity (Wildman–Crippen MR) is 95.9 cm³/mol. The molecule has 1 aliphatic heterocycles. The lowest BCUT2D eigenvalue weighted by molar-refractivity contribution is -0.125. The van der Waals surface area contributed by atoms with Gasteiger partial charge in [0.05, 0.1) is 13.7 Å². The molecule has 148 valence electrons.